The Morgan fingerprint density at radius 3 is 2.74 bits per heavy atom. The van der Waals surface area contributed by atoms with Crippen LogP contribution in [0.15, 0.2) is 40.0 Å². The molecule has 6 heteroatoms. The van der Waals surface area contributed by atoms with E-state index < -0.39 is 0 Å². The Kier molecular flexibility index (Phi) is 9.16. The van der Waals surface area contributed by atoms with Gasteiger partial charge in [-0.05, 0) is 65.9 Å². The molecule has 0 spiro atoms. The third-order valence-electron chi connectivity index (χ3n) is 3.34. The highest BCUT2D eigenvalue weighted by Crippen LogP contribution is 2.10. The molecule has 3 nitrogen and oxygen atoms in total. The van der Waals surface area contributed by atoms with E-state index in [-0.39, 0.29) is 29.8 Å². The van der Waals surface area contributed by atoms with E-state index in [1.54, 1.807) is 17.4 Å². The first-order valence-corrected chi connectivity index (χ1v) is 8.41. The van der Waals surface area contributed by atoms with Crippen molar-refractivity contribution in [2.24, 2.45) is 4.99 Å². The average molecular weight is 447 g/mol. The van der Waals surface area contributed by atoms with Gasteiger partial charge in [-0.1, -0.05) is 6.07 Å². The number of aryl methyl sites for hydroxylation is 1. The Balaban J connectivity index is 0.00000264. The quantitative estimate of drug-likeness (QED) is 0.397. The van der Waals surface area contributed by atoms with E-state index in [0.717, 1.165) is 36.6 Å². The molecule has 0 aliphatic carbocycles. The van der Waals surface area contributed by atoms with Crippen LogP contribution in [0.5, 0.6) is 0 Å². The van der Waals surface area contributed by atoms with Crippen molar-refractivity contribution in [3.63, 3.8) is 0 Å². The van der Waals surface area contributed by atoms with Gasteiger partial charge in [0.2, 0.25) is 0 Å². The topological polar surface area (TPSA) is 36.4 Å². The molecule has 1 heterocycles. The summed E-state index contributed by atoms with van der Waals surface area (Å²) in [5.74, 6) is 0.633. The molecule has 0 aliphatic rings. The summed E-state index contributed by atoms with van der Waals surface area (Å²) in [6.45, 7) is 6.25. The van der Waals surface area contributed by atoms with Gasteiger partial charge in [0, 0.05) is 13.1 Å². The molecule has 0 bridgehead atoms. The lowest BCUT2D eigenvalue weighted by molar-refractivity contribution is 0.625. The molecule has 0 radical (unpaired) electrons. The predicted octanol–water partition coefficient (Wildman–Crippen LogP) is 4.11. The lowest BCUT2D eigenvalue weighted by atomic mass is 10.1. The van der Waals surface area contributed by atoms with E-state index in [0.29, 0.717) is 6.54 Å². The second-order valence-electron chi connectivity index (χ2n) is 5.07. The molecule has 23 heavy (non-hydrogen) atoms. The molecule has 1 aromatic heterocycles. The third-order valence-corrected chi connectivity index (χ3v) is 4.07. The lowest BCUT2D eigenvalue weighted by Crippen LogP contribution is -2.38. The van der Waals surface area contributed by atoms with Crippen LogP contribution in [-0.4, -0.2) is 19.0 Å². The minimum absolute atomic E-state index is 0. The molecule has 0 saturated carbocycles. The number of hydrogen-bond donors (Lipinski definition) is 2. The van der Waals surface area contributed by atoms with Gasteiger partial charge in [-0.2, -0.15) is 11.3 Å². The van der Waals surface area contributed by atoms with Crippen LogP contribution >= 0.6 is 35.3 Å². The van der Waals surface area contributed by atoms with Crippen LogP contribution in [0.2, 0.25) is 0 Å². The summed E-state index contributed by atoms with van der Waals surface area (Å²) in [6.07, 6.45) is 0.842. The summed E-state index contributed by atoms with van der Waals surface area (Å²) >= 11 is 1.68. The van der Waals surface area contributed by atoms with Crippen LogP contribution in [0.1, 0.15) is 23.6 Å². The molecule has 0 saturated heterocycles. The van der Waals surface area contributed by atoms with Gasteiger partial charge < -0.3 is 10.6 Å². The smallest absolute Gasteiger partial charge is 0.191 e. The number of hydrogen-bond acceptors (Lipinski definition) is 2. The zero-order chi connectivity index (χ0) is 15.8. The first-order chi connectivity index (χ1) is 10.7. The van der Waals surface area contributed by atoms with Crippen molar-refractivity contribution in [2.45, 2.75) is 26.8 Å². The summed E-state index contributed by atoms with van der Waals surface area (Å²) in [7, 11) is 0. The van der Waals surface area contributed by atoms with Crippen LogP contribution in [0.25, 0.3) is 0 Å². The molecule has 2 N–H and O–H groups in total. The summed E-state index contributed by atoms with van der Waals surface area (Å²) < 4.78 is 13.1. The van der Waals surface area contributed by atoms with Crippen molar-refractivity contribution in [3.05, 3.63) is 57.5 Å². The van der Waals surface area contributed by atoms with Gasteiger partial charge in [0.25, 0.3) is 0 Å². The Bertz CT molecular complexity index is 614. The Labute approximate surface area is 158 Å². The molecule has 126 valence electrons. The Morgan fingerprint density at radius 2 is 2.09 bits per heavy atom. The largest absolute Gasteiger partial charge is 0.357 e. The van der Waals surface area contributed by atoms with E-state index in [4.69, 9.17) is 0 Å². The van der Waals surface area contributed by atoms with Gasteiger partial charge in [-0.3, -0.25) is 0 Å². The van der Waals surface area contributed by atoms with E-state index >= 15 is 0 Å². The van der Waals surface area contributed by atoms with Crippen molar-refractivity contribution < 1.29 is 4.39 Å². The standard InChI is InChI=1S/C17H22FN3S.HI/c1-3-19-17(21-11-14-7-9-22-12-14)20-8-6-15-4-5-16(18)10-13(15)2;/h4-5,7,9-10,12H,3,6,8,11H2,1-2H3,(H2,19,20,21);1H. The van der Waals surface area contributed by atoms with E-state index in [9.17, 15) is 4.39 Å². The highest BCUT2D eigenvalue weighted by Gasteiger charge is 2.02. The molecular formula is C17H23FIN3S. The molecule has 0 amide bonds. The van der Waals surface area contributed by atoms with E-state index in [2.05, 4.69) is 32.5 Å². The third kappa shape index (κ3) is 6.87. The average Bonchev–Trinajstić information content (AvgIpc) is 3.00. The van der Waals surface area contributed by atoms with Crippen molar-refractivity contribution >= 4 is 41.3 Å². The fraction of sp³-hybridized carbons (Fsp3) is 0.353. The number of guanidine groups is 1. The molecule has 0 atom stereocenters. The first kappa shape index (κ1) is 19.9. The molecule has 1 aromatic carbocycles. The van der Waals surface area contributed by atoms with Crippen molar-refractivity contribution in [1.29, 1.82) is 0 Å². The fourth-order valence-corrected chi connectivity index (χ4v) is 2.81. The second-order valence-corrected chi connectivity index (χ2v) is 5.85. The van der Waals surface area contributed by atoms with E-state index in [1.165, 1.54) is 11.6 Å². The maximum atomic E-state index is 13.1. The van der Waals surface area contributed by atoms with Crippen LogP contribution in [0.3, 0.4) is 0 Å². The van der Waals surface area contributed by atoms with Crippen molar-refractivity contribution in [3.8, 4) is 0 Å². The van der Waals surface area contributed by atoms with Crippen LogP contribution in [-0.2, 0) is 13.0 Å². The number of nitrogens with one attached hydrogen (secondary N) is 2. The van der Waals surface area contributed by atoms with Gasteiger partial charge in [-0.25, -0.2) is 9.38 Å². The second kappa shape index (κ2) is 10.6. The number of benzene rings is 1. The van der Waals surface area contributed by atoms with Gasteiger partial charge in [0.15, 0.2) is 5.96 Å². The van der Waals surface area contributed by atoms with Gasteiger partial charge in [-0.15, -0.1) is 24.0 Å². The zero-order valence-electron chi connectivity index (χ0n) is 13.4. The summed E-state index contributed by atoms with van der Waals surface area (Å²) in [5.41, 5.74) is 3.36. The Morgan fingerprint density at radius 1 is 1.26 bits per heavy atom. The SMILES string of the molecule is CCNC(=NCc1ccsc1)NCCc1ccc(F)cc1C.I. The molecule has 2 aromatic rings. The minimum Gasteiger partial charge on any atom is -0.357 e. The molecule has 2 rings (SSSR count). The number of aliphatic imine (C=N–C) groups is 1. The summed E-state index contributed by atoms with van der Waals surface area (Å²) in [6, 6.07) is 7.02. The predicted molar refractivity (Wildman–Crippen MR) is 107 cm³/mol. The van der Waals surface area contributed by atoms with Crippen molar-refractivity contribution in [1.82, 2.24) is 10.6 Å². The maximum Gasteiger partial charge on any atom is 0.191 e. The van der Waals surface area contributed by atoms with Gasteiger partial charge in [0.1, 0.15) is 5.82 Å². The molecule has 0 unspecified atom stereocenters. The molecule has 0 fully saturated rings. The first-order valence-electron chi connectivity index (χ1n) is 7.47. The molecular weight excluding hydrogens is 424 g/mol. The number of halogens is 2. The number of nitrogens with zero attached hydrogens (tertiary/aromatic N) is 1. The number of rotatable bonds is 6. The number of thiophene rings is 1. The van der Waals surface area contributed by atoms with Crippen LogP contribution < -0.4 is 10.6 Å². The fourth-order valence-electron chi connectivity index (χ4n) is 2.15. The van der Waals surface area contributed by atoms with Crippen molar-refractivity contribution in [2.75, 3.05) is 13.1 Å². The van der Waals surface area contributed by atoms with Gasteiger partial charge in [0.05, 0.1) is 6.54 Å². The minimum atomic E-state index is -0.181. The van der Waals surface area contributed by atoms with Crippen LogP contribution in [0, 0.1) is 12.7 Å². The zero-order valence-corrected chi connectivity index (χ0v) is 16.6. The summed E-state index contributed by atoms with van der Waals surface area (Å²) in [5, 5.41) is 10.7. The van der Waals surface area contributed by atoms with Gasteiger partial charge >= 0.3 is 0 Å². The highest BCUT2D eigenvalue weighted by molar-refractivity contribution is 14.0. The molecule has 0 aliphatic heterocycles. The lowest BCUT2D eigenvalue weighted by Gasteiger charge is -2.12. The maximum absolute atomic E-state index is 13.1. The highest BCUT2D eigenvalue weighted by atomic mass is 127. The summed E-state index contributed by atoms with van der Waals surface area (Å²) in [4.78, 5) is 4.56. The normalized spacial score (nSPS) is 11.0. The van der Waals surface area contributed by atoms with Crippen LogP contribution in [0.4, 0.5) is 4.39 Å². The monoisotopic (exact) mass is 447 g/mol. The Hall–Kier alpha value is -1.15. The van der Waals surface area contributed by atoms with E-state index in [1.807, 2.05) is 19.9 Å².